The summed E-state index contributed by atoms with van der Waals surface area (Å²) in [5, 5.41) is 2.78. The van der Waals surface area contributed by atoms with Crippen LogP contribution in [0, 0.1) is 6.92 Å². The van der Waals surface area contributed by atoms with Crippen LogP contribution in [0.1, 0.15) is 31.8 Å². The van der Waals surface area contributed by atoms with Crippen LogP contribution in [-0.2, 0) is 9.84 Å². The van der Waals surface area contributed by atoms with Crippen LogP contribution >= 0.6 is 0 Å². The Balaban J connectivity index is 1.46. The van der Waals surface area contributed by atoms with Crippen molar-refractivity contribution in [2.24, 2.45) is 0 Å². The lowest BCUT2D eigenvalue weighted by Crippen LogP contribution is -2.21. The standard InChI is InChI=1S/C27H19NO5S/c1-17-10-13-19(14-11-17)33-23-8-4-3-7-22(23)28-27(30)18-12-15-21-25(16-18)34(31,32)24-9-5-2-6-20(24)26(21)29/h2-16H,1H3,(H,28,30). The van der Waals surface area contributed by atoms with E-state index in [2.05, 4.69) is 5.32 Å². The minimum atomic E-state index is -3.94. The topological polar surface area (TPSA) is 89.5 Å². The maximum Gasteiger partial charge on any atom is 0.255 e. The number of amides is 1. The van der Waals surface area contributed by atoms with Crippen LogP contribution in [0.4, 0.5) is 5.69 Å². The maximum absolute atomic E-state index is 13.2. The van der Waals surface area contributed by atoms with Crippen LogP contribution < -0.4 is 10.1 Å². The molecule has 1 amide bonds. The molecule has 4 aromatic carbocycles. The molecule has 0 atom stereocenters. The van der Waals surface area contributed by atoms with Crippen molar-refractivity contribution in [2.45, 2.75) is 16.7 Å². The first-order valence-corrected chi connectivity index (χ1v) is 12.0. The van der Waals surface area contributed by atoms with Crippen LogP contribution in [0.25, 0.3) is 0 Å². The van der Waals surface area contributed by atoms with Crippen molar-refractivity contribution in [3.05, 3.63) is 113 Å². The predicted molar refractivity (Wildman–Crippen MR) is 127 cm³/mol. The third kappa shape index (κ3) is 3.76. The van der Waals surface area contributed by atoms with Gasteiger partial charge in [0.2, 0.25) is 9.84 Å². The molecule has 0 fully saturated rings. The number of ether oxygens (including phenoxy) is 1. The fourth-order valence-electron chi connectivity index (χ4n) is 3.81. The second-order valence-corrected chi connectivity index (χ2v) is 9.79. The summed E-state index contributed by atoms with van der Waals surface area (Å²) >= 11 is 0. The zero-order chi connectivity index (χ0) is 23.9. The number of hydrogen-bond acceptors (Lipinski definition) is 5. The monoisotopic (exact) mass is 469 g/mol. The molecule has 1 aliphatic heterocycles. The van der Waals surface area contributed by atoms with Crippen molar-refractivity contribution in [3.8, 4) is 11.5 Å². The molecule has 1 aliphatic rings. The van der Waals surface area contributed by atoms with Gasteiger partial charge in [-0.25, -0.2) is 8.42 Å². The summed E-state index contributed by atoms with van der Waals surface area (Å²) in [4.78, 5) is 25.6. The summed E-state index contributed by atoms with van der Waals surface area (Å²) in [5.41, 5.74) is 1.82. The second-order valence-electron chi connectivity index (χ2n) is 7.91. The van der Waals surface area contributed by atoms with Gasteiger partial charge >= 0.3 is 0 Å². The fraction of sp³-hybridized carbons (Fsp3) is 0.0370. The summed E-state index contributed by atoms with van der Waals surface area (Å²) in [6, 6.07) is 24.6. The number of nitrogens with one attached hydrogen (secondary N) is 1. The Morgan fingerprint density at radius 1 is 0.794 bits per heavy atom. The van der Waals surface area contributed by atoms with Crippen molar-refractivity contribution in [1.29, 1.82) is 0 Å². The van der Waals surface area contributed by atoms with Gasteiger partial charge in [0, 0.05) is 16.7 Å². The summed E-state index contributed by atoms with van der Waals surface area (Å²) in [6.45, 7) is 1.98. The minimum absolute atomic E-state index is 0.0538. The predicted octanol–water partition coefficient (Wildman–Crippen LogP) is 5.42. The molecule has 4 aromatic rings. The Morgan fingerprint density at radius 3 is 2.26 bits per heavy atom. The van der Waals surface area contributed by atoms with Crippen LogP contribution in [0.2, 0.25) is 0 Å². The van der Waals surface area contributed by atoms with E-state index >= 15 is 0 Å². The summed E-state index contributed by atoms with van der Waals surface area (Å²) in [6.07, 6.45) is 0. The Bertz CT molecular complexity index is 1560. The van der Waals surface area contributed by atoms with E-state index in [-0.39, 0.29) is 32.3 Å². The number of anilines is 1. The van der Waals surface area contributed by atoms with E-state index in [1.54, 1.807) is 36.4 Å². The number of sulfone groups is 1. The highest BCUT2D eigenvalue weighted by Crippen LogP contribution is 2.35. The first-order valence-electron chi connectivity index (χ1n) is 10.5. The fourth-order valence-corrected chi connectivity index (χ4v) is 5.49. The molecule has 168 valence electrons. The first-order chi connectivity index (χ1) is 16.3. The maximum atomic E-state index is 13.2. The lowest BCUT2D eigenvalue weighted by Gasteiger charge is -2.19. The number of hydrogen-bond donors (Lipinski definition) is 1. The minimum Gasteiger partial charge on any atom is -0.455 e. The molecule has 1 heterocycles. The molecular formula is C27H19NO5S. The van der Waals surface area contributed by atoms with Gasteiger partial charge in [-0.15, -0.1) is 0 Å². The van der Waals surface area contributed by atoms with Crippen LogP contribution in [0.5, 0.6) is 11.5 Å². The molecule has 0 unspecified atom stereocenters. The highest BCUT2D eigenvalue weighted by Gasteiger charge is 2.35. The molecule has 7 heteroatoms. The molecule has 0 bridgehead atoms. The number of fused-ring (bicyclic) bond motifs is 2. The van der Waals surface area contributed by atoms with Gasteiger partial charge in [-0.3, -0.25) is 9.59 Å². The molecule has 0 aromatic heterocycles. The zero-order valence-electron chi connectivity index (χ0n) is 18.1. The Labute approximate surface area is 196 Å². The van der Waals surface area contributed by atoms with E-state index < -0.39 is 15.7 Å². The molecule has 1 N–H and O–H groups in total. The number of carbonyl (C=O) groups is 2. The summed E-state index contributed by atoms with van der Waals surface area (Å²) in [5.74, 6) is 0.146. The van der Waals surface area contributed by atoms with Crippen molar-refractivity contribution in [3.63, 3.8) is 0 Å². The van der Waals surface area contributed by atoms with Crippen LogP contribution in [0.15, 0.2) is 101 Å². The molecule has 0 saturated carbocycles. The molecule has 0 radical (unpaired) electrons. The zero-order valence-corrected chi connectivity index (χ0v) is 18.9. The van der Waals surface area contributed by atoms with Crippen molar-refractivity contribution in [2.75, 3.05) is 5.32 Å². The van der Waals surface area contributed by atoms with E-state index in [9.17, 15) is 18.0 Å². The Morgan fingerprint density at radius 2 is 1.47 bits per heavy atom. The molecule has 0 spiro atoms. The van der Waals surface area contributed by atoms with Gasteiger partial charge in [0.25, 0.3) is 5.91 Å². The quantitative estimate of drug-likeness (QED) is 0.380. The van der Waals surface area contributed by atoms with Gasteiger partial charge in [-0.2, -0.15) is 0 Å². The highest BCUT2D eigenvalue weighted by atomic mass is 32.2. The summed E-state index contributed by atoms with van der Waals surface area (Å²) in [7, 11) is -3.94. The van der Waals surface area contributed by atoms with Gasteiger partial charge in [0.05, 0.1) is 15.5 Å². The number of carbonyl (C=O) groups excluding carboxylic acids is 2. The van der Waals surface area contributed by atoms with E-state index in [0.29, 0.717) is 17.2 Å². The van der Waals surface area contributed by atoms with Gasteiger partial charge < -0.3 is 10.1 Å². The number of ketones is 1. The van der Waals surface area contributed by atoms with Crippen molar-refractivity contribution in [1.82, 2.24) is 0 Å². The third-order valence-corrected chi connectivity index (χ3v) is 7.44. The Hall–Kier alpha value is -4.23. The number of rotatable bonds is 4. The van der Waals surface area contributed by atoms with Crippen LogP contribution in [0.3, 0.4) is 0 Å². The van der Waals surface area contributed by atoms with Crippen molar-refractivity contribution >= 4 is 27.2 Å². The molecule has 5 rings (SSSR count). The molecule has 0 aliphatic carbocycles. The van der Waals surface area contributed by atoms with E-state index in [0.717, 1.165) is 5.56 Å². The first kappa shape index (κ1) is 21.6. The lowest BCUT2D eigenvalue weighted by atomic mass is 10.0. The molecular weight excluding hydrogens is 450 g/mol. The van der Waals surface area contributed by atoms with E-state index in [1.165, 1.54) is 30.3 Å². The Kier molecular flexibility index (Phi) is 5.26. The van der Waals surface area contributed by atoms with Gasteiger partial charge in [-0.05, 0) is 61.5 Å². The molecule has 34 heavy (non-hydrogen) atoms. The lowest BCUT2D eigenvalue weighted by molar-refractivity contribution is 0.101. The second kappa shape index (κ2) is 8.28. The van der Waals surface area contributed by atoms with E-state index in [4.69, 9.17) is 4.74 Å². The van der Waals surface area contributed by atoms with Gasteiger partial charge in [0.1, 0.15) is 5.75 Å². The highest BCUT2D eigenvalue weighted by molar-refractivity contribution is 7.91. The average molecular weight is 470 g/mol. The van der Waals surface area contributed by atoms with Crippen LogP contribution in [-0.4, -0.2) is 20.1 Å². The summed E-state index contributed by atoms with van der Waals surface area (Å²) < 4.78 is 32.2. The van der Waals surface area contributed by atoms with E-state index in [1.807, 2.05) is 31.2 Å². The van der Waals surface area contributed by atoms with Gasteiger partial charge in [0.15, 0.2) is 11.5 Å². The number of aryl methyl sites for hydroxylation is 1. The number of benzene rings is 4. The van der Waals surface area contributed by atoms with Crippen molar-refractivity contribution < 1.29 is 22.7 Å². The largest absolute Gasteiger partial charge is 0.455 e. The SMILES string of the molecule is Cc1ccc(Oc2ccccc2NC(=O)c2ccc3c(c2)S(=O)(=O)c2ccccc2C3=O)cc1. The van der Waals surface area contributed by atoms with Gasteiger partial charge in [-0.1, -0.05) is 42.0 Å². The molecule has 6 nitrogen and oxygen atoms in total. The smallest absolute Gasteiger partial charge is 0.255 e. The third-order valence-electron chi connectivity index (χ3n) is 5.58. The average Bonchev–Trinajstić information content (AvgIpc) is 2.85. The molecule has 0 saturated heterocycles. The normalized spacial score (nSPS) is 13.5. The number of para-hydroxylation sites is 2.